The van der Waals surface area contributed by atoms with Gasteiger partial charge in [-0.05, 0) is 68.1 Å². The Bertz CT molecular complexity index is 1070. The molecule has 0 fully saturated rings. The molecule has 0 saturated carbocycles. The van der Waals surface area contributed by atoms with Gasteiger partial charge in [-0.25, -0.2) is 12.7 Å². The summed E-state index contributed by atoms with van der Waals surface area (Å²) in [4.78, 5) is 12.9. The largest absolute Gasteiger partial charge is 0.496 e. The van der Waals surface area contributed by atoms with Crippen molar-refractivity contribution in [3.63, 3.8) is 0 Å². The van der Waals surface area contributed by atoms with Crippen LogP contribution in [0.25, 0.3) is 0 Å². The van der Waals surface area contributed by atoms with E-state index in [1.807, 2.05) is 18.2 Å². The Morgan fingerprint density at radius 1 is 1.12 bits per heavy atom. The van der Waals surface area contributed by atoms with Gasteiger partial charge in [-0.2, -0.15) is 0 Å². The van der Waals surface area contributed by atoms with Crippen molar-refractivity contribution >= 4 is 28.2 Å². The Kier molecular flexibility index (Phi) is 10.8. The molecule has 0 aliphatic carbocycles. The molecule has 3 rings (SSSR count). The highest BCUT2D eigenvalue weighted by atomic mass is 35.5. The molecule has 188 valence electrons. The van der Waals surface area contributed by atoms with Gasteiger partial charge in [-0.15, -0.1) is 12.4 Å². The zero-order valence-electron chi connectivity index (χ0n) is 20.1. The van der Waals surface area contributed by atoms with E-state index in [9.17, 15) is 13.2 Å². The number of methoxy groups -OCH3 is 1. The van der Waals surface area contributed by atoms with Crippen molar-refractivity contribution in [1.29, 1.82) is 0 Å². The van der Waals surface area contributed by atoms with Gasteiger partial charge >= 0.3 is 0 Å². The number of nitrogens with one attached hydrogen (secondary N) is 1. The fraction of sp³-hybridized carbons (Fsp3) is 0.480. The van der Waals surface area contributed by atoms with Crippen molar-refractivity contribution in [2.75, 3.05) is 40.9 Å². The SMILES string of the molecule is COc1ccccc1CCCNCCCCC(=O)c1cc2c(c(S(=O)(=O)N(C)C)c1)OCC2.Cl. The highest BCUT2D eigenvalue weighted by Crippen LogP contribution is 2.35. The average Bonchev–Trinajstić information content (AvgIpc) is 3.28. The van der Waals surface area contributed by atoms with Gasteiger partial charge in [-0.1, -0.05) is 18.2 Å². The van der Waals surface area contributed by atoms with E-state index in [2.05, 4.69) is 11.4 Å². The van der Waals surface area contributed by atoms with Crippen LogP contribution in [-0.2, 0) is 22.9 Å². The van der Waals surface area contributed by atoms with Gasteiger partial charge in [0.15, 0.2) is 5.78 Å². The predicted molar refractivity (Wildman–Crippen MR) is 136 cm³/mol. The molecule has 2 aromatic rings. The molecule has 0 bridgehead atoms. The van der Waals surface area contributed by atoms with Gasteiger partial charge in [-0.3, -0.25) is 4.79 Å². The summed E-state index contributed by atoms with van der Waals surface area (Å²) < 4.78 is 37.5. The van der Waals surface area contributed by atoms with E-state index in [-0.39, 0.29) is 23.1 Å². The molecule has 2 aromatic carbocycles. The number of sulfonamides is 1. The third-order valence-corrected chi connectivity index (χ3v) is 7.65. The van der Waals surface area contributed by atoms with Crippen molar-refractivity contribution in [3.05, 3.63) is 53.1 Å². The lowest BCUT2D eigenvalue weighted by atomic mass is 10.0. The first-order valence-corrected chi connectivity index (χ1v) is 12.9. The normalized spacial score (nSPS) is 12.7. The van der Waals surface area contributed by atoms with E-state index >= 15 is 0 Å². The molecule has 1 aliphatic rings. The van der Waals surface area contributed by atoms with E-state index in [4.69, 9.17) is 9.47 Å². The maximum Gasteiger partial charge on any atom is 0.246 e. The molecule has 0 radical (unpaired) electrons. The zero-order valence-corrected chi connectivity index (χ0v) is 21.8. The van der Waals surface area contributed by atoms with Crippen LogP contribution >= 0.6 is 12.4 Å². The molecular formula is C25H35ClN2O5S. The molecule has 1 N–H and O–H groups in total. The number of fused-ring (bicyclic) bond motifs is 1. The van der Waals surface area contributed by atoms with Gasteiger partial charge in [0, 0.05) is 32.5 Å². The Labute approximate surface area is 209 Å². The van der Waals surface area contributed by atoms with Crippen LogP contribution in [0.5, 0.6) is 11.5 Å². The third kappa shape index (κ3) is 6.95. The Balaban J connectivity index is 0.00000408. The number of hydrogen-bond donors (Lipinski definition) is 1. The van der Waals surface area contributed by atoms with Crippen LogP contribution in [0.2, 0.25) is 0 Å². The number of carbonyl (C=O) groups excluding carboxylic acids is 1. The topological polar surface area (TPSA) is 84.9 Å². The summed E-state index contributed by atoms with van der Waals surface area (Å²) in [6.07, 6.45) is 4.61. The summed E-state index contributed by atoms with van der Waals surface area (Å²) in [5, 5.41) is 3.43. The van der Waals surface area contributed by atoms with Gasteiger partial charge < -0.3 is 14.8 Å². The summed E-state index contributed by atoms with van der Waals surface area (Å²) in [5.41, 5.74) is 2.45. The molecule has 0 unspecified atom stereocenters. The molecule has 34 heavy (non-hydrogen) atoms. The number of hydrogen-bond acceptors (Lipinski definition) is 6. The van der Waals surface area contributed by atoms with Crippen LogP contribution in [0.3, 0.4) is 0 Å². The molecule has 1 aliphatic heterocycles. The fourth-order valence-electron chi connectivity index (χ4n) is 3.94. The number of carbonyl (C=O) groups is 1. The first-order chi connectivity index (χ1) is 15.8. The highest BCUT2D eigenvalue weighted by Gasteiger charge is 2.29. The minimum atomic E-state index is -3.68. The van der Waals surface area contributed by atoms with E-state index in [1.54, 1.807) is 13.2 Å². The van der Waals surface area contributed by atoms with Crippen molar-refractivity contribution in [2.24, 2.45) is 0 Å². The number of unbranched alkanes of at least 4 members (excludes halogenated alkanes) is 1. The molecule has 0 spiro atoms. The quantitative estimate of drug-likeness (QED) is 0.325. The van der Waals surface area contributed by atoms with Crippen LogP contribution in [-0.4, -0.2) is 59.4 Å². The Morgan fingerprint density at radius 3 is 2.59 bits per heavy atom. The van der Waals surface area contributed by atoms with E-state index in [0.29, 0.717) is 30.8 Å². The maximum atomic E-state index is 12.8. The average molecular weight is 511 g/mol. The lowest BCUT2D eigenvalue weighted by Crippen LogP contribution is -2.23. The lowest BCUT2D eigenvalue weighted by Gasteiger charge is -2.15. The van der Waals surface area contributed by atoms with Gasteiger partial charge in [0.25, 0.3) is 0 Å². The van der Waals surface area contributed by atoms with Gasteiger partial charge in [0.2, 0.25) is 10.0 Å². The third-order valence-electron chi connectivity index (χ3n) is 5.83. The summed E-state index contributed by atoms with van der Waals surface area (Å²) in [6.45, 7) is 2.19. The molecule has 1 heterocycles. The molecule has 0 aromatic heterocycles. The van der Waals surface area contributed by atoms with Crippen LogP contribution in [0, 0.1) is 0 Å². The molecule has 7 nitrogen and oxygen atoms in total. The number of Topliss-reactive ketones (excluding diaryl/α,β-unsaturated/α-hetero) is 1. The first kappa shape index (κ1) is 28.1. The second-order valence-corrected chi connectivity index (χ2v) is 10.5. The molecule has 0 amide bonds. The van der Waals surface area contributed by atoms with Gasteiger partial charge in [0.05, 0.1) is 13.7 Å². The maximum absolute atomic E-state index is 12.8. The summed E-state index contributed by atoms with van der Waals surface area (Å²) in [7, 11) is 0.970. The minimum Gasteiger partial charge on any atom is -0.496 e. The fourth-order valence-corrected chi connectivity index (χ4v) is 5.03. The van der Waals surface area contributed by atoms with Crippen LogP contribution in [0.4, 0.5) is 0 Å². The molecule has 9 heteroatoms. The molecule has 0 atom stereocenters. The molecular weight excluding hydrogens is 476 g/mol. The summed E-state index contributed by atoms with van der Waals surface area (Å²) in [6, 6.07) is 11.3. The van der Waals surface area contributed by atoms with Crippen LogP contribution < -0.4 is 14.8 Å². The van der Waals surface area contributed by atoms with Crippen LogP contribution in [0.1, 0.15) is 47.2 Å². The van der Waals surface area contributed by atoms with E-state index in [1.165, 1.54) is 25.7 Å². The molecule has 0 saturated heterocycles. The number of para-hydroxylation sites is 1. The van der Waals surface area contributed by atoms with Crippen molar-refractivity contribution in [2.45, 2.75) is 43.4 Å². The summed E-state index contributed by atoms with van der Waals surface area (Å²) >= 11 is 0. The number of rotatable bonds is 13. The van der Waals surface area contributed by atoms with Crippen molar-refractivity contribution in [3.8, 4) is 11.5 Å². The number of halogens is 1. The number of ketones is 1. The number of ether oxygens (including phenoxy) is 2. The van der Waals surface area contributed by atoms with Crippen LogP contribution in [0.15, 0.2) is 41.3 Å². The minimum absolute atomic E-state index is 0. The van der Waals surface area contributed by atoms with E-state index in [0.717, 1.165) is 54.4 Å². The highest BCUT2D eigenvalue weighted by molar-refractivity contribution is 7.89. The number of nitrogens with zero attached hydrogens (tertiary/aromatic N) is 1. The smallest absolute Gasteiger partial charge is 0.246 e. The van der Waals surface area contributed by atoms with Crippen molar-refractivity contribution in [1.82, 2.24) is 9.62 Å². The number of aryl methyl sites for hydroxylation is 1. The first-order valence-electron chi connectivity index (χ1n) is 11.4. The lowest BCUT2D eigenvalue weighted by molar-refractivity contribution is 0.0979. The second-order valence-electron chi connectivity index (χ2n) is 8.39. The summed E-state index contributed by atoms with van der Waals surface area (Å²) in [5.74, 6) is 1.28. The van der Waals surface area contributed by atoms with Crippen molar-refractivity contribution < 1.29 is 22.7 Å². The standard InChI is InChI=1S/C25H34N2O5S.ClH/c1-27(2)33(29,30)24-18-21(17-20-13-16-32-25(20)24)22(28)11-6-7-14-26-15-8-10-19-9-4-5-12-23(19)31-3;/h4-5,9,12,17-18,26H,6-8,10-11,13-16H2,1-3H3;1H. The number of benzene rings is 2. The Morgan fingerprint density at radius 2 is 1.85 bits per heavy atom. The van der Waals surface area contributed by atoms with Gasteiger partial charge in [0.1, 0.15) is 16.4 Å². The monoisotopic (exact) mass is 510 g/mol. The predicted octanol–water partition coefficient (Wildman–Crippen LogP) is 3.88. The zero-order chi connectivity index (χ0) is 23.8. The van der Waals surface area contributed by atoms with E-state index < -0.39 is 10.0 Å². The second kappa shape index (κ2) is 13.1. The Hall–Kier alpha value is -2.13.